The van der Waals surface area contributed by atoms with Crippen LogP contribution in [0.15, 0.2) is 30.3 Å². The van der Waals surface area contributed by atoms with Crippen LogP contribution in [0.1, 0.15) is 36.8 Å². The van der Waals surface area contributed by atoms with E-state index in [4.69, 9.17) is 18.9 Å². The van der Waals surface area contributed by atoms with Crippen LogP contribution in [-0.2, 0) is 15.4 Å². The molecule has 0 amide bonds. The maximum atomic E-state index is 14.9. The Labute approximate surface area is 202 Å². The topological polar surface area (TPSA) is 74.7 Å². The summed E-state index contributed by atoms with van der Waals surface area (Å²) in [6.07, 6.45) is 0. The highest BCUT2D eigenvalue weighted by molar-refractivity contribution is 5.92. The summed E-state index contributed by atoms with van der Waals surface area (Å²) in [6, 6.07) is 6.77. The summed E-state index contributed by atoms with van der Waals surface area (Å²) in [5.74, 6) is -2.42. The van der Waals surface area contributed by atoms with Crippen molar-refractivity contribution in [3.05, 3.63) is 53.1 Å². The number of nitrogens with one attached hydrogen (secondary N) is 1. The molecule has 0 aliphatic rings. The first kappa shape index (κ1) is 26.5. The lowest BCUT2D eigenvalue weighted by molar-refractivity contribution is 0.0136. The predicted molar refractivity (Wildman–Crippen MR) is 127 cm³/mol. The van der Waals surface area contributed by atoms with Gasteiger partial charge in [-0.15, -0.1) is 0 Å². The lowest BCUT2D eigenvalue weighted by Gasteiger charge is -2.21. The molecule has 10 heteroatoms. The third kappa shape index (κ3) is 6.52. The van der Waals surface area contributed by atoms with Crippen LogP contribution in [0.25, 0.3) is 10.9 Å². The van der Waals surface area contributed by atoms with E-state index in [1.54, 1.807) is 33.1 Å². The lowest BCUT2D eigenvalue weighted by atomic mass is 10.0. The summed E-state index contributed by atoms with van der Waals surface area (Å²) in [5, 5.41) is 3.75. The fourth-order valence-electron chi connectivity index (χ4n) is 3.60. The minimum absolute atomic E-state index is 0.103. The number of hydrogen-bond donors (Lipinski definition) is 1. The molecule has 35 heavy (non-hydrogen) atoms. The van der Waals surface area contributed by atoms with Crippen molar-refractivity contribution in [1.82, 2.24) is 9.97 Å². The Bertz CT molecular complexity index is 1150. The van der Waals surface area contributed by atoms with Crippen molar-refractivity contribution in [3.8, 4) is 11.5 Å². The molecular formula is C25H30F3N3O4. The van der Waals surface area contributed by atoms with Gasteiger partial charge >= 0.3 is 0 Å². The van der Waals surface area contributed by atoms with Crippen LogP contribution in [0.2, 0.25) is 0 Å². The van der Waals surface area contributed by atoms with Gasteiger partial charge in [0.15, 0.2) is 11.5 Å². The summed E-state index contributed by atoms with van der Waals surface area (Å²) in [5.41, 5.74) is 0.0363. The monoisotopic (exact) mass is 493 g/mol. The van der Waals surface area contributed by atoms with Gasteiger partial charge in [-0.3, -0.25) is 0 Å². The minimum atomic E-state index is -3.30. The zero-order chi connectivity index (χ0) is 25.6. The van der Waals surface area contributed by atoms with E-state index in [-0.39, 0.29) is 12.2 Å². The number of nitrogens with zero attached hydrogens (tertiary/aromatic N) is 2. The average Bonchev–Trinajstić information content (AvgIpc) is 2.80. The third-order valence-corrected chi connectivity index (χ3v) is 5.33. The van der Waals surface area contributed by atoms with Crippen molar-refractivity contribution >= 4 is 16.7 Å². The van der Waals surface area contributed by atoms with Crippen LogP contribution < -0.4 is 14.8 Å². The standard InChI is InChI=1S/C25H30F3N3O4/c1-15(17-7-6-8-19(23(17)26)25(3,27)28)29-24-18-13-22(35-12-11-34-10-9-32-4)21(33-5)14-20(18)30-16(2)31-24/h6-8,13-15H,9-12H2,1-5H3,(H,29,30,31)/t15-/m1/s1. The van der Waals surface area contributed by atoms with Crippen molar-refractivity contribution in [1.29, 1.82) is 0 Å². The molecule has 3 aromatic rings. The number of ether oxygens (including phenoxy) is 4. The van der Waals surface area contributed by atoms with Crippen molar-refractivity contribution in [3.63, 3.8) is 0 Å². The Kier molecular flexibility index (Phi) is 8.74. The van der Waals surface area contributed by atoms with Crippen LogP contribution in [0.4, 0.5) is 19.0 Å². The van der Waals surface area contributed by atoms with Crippen molar-refractivity contribution in [2.75, 3.05) is 46.0 Å². The summed E-state index contributed by atoms with van der Waals surface area (Å²) in [7, 11) is 3.12. The van der Waals surface area contributed by atoms with Crippen molar-refractivity contribution in [2.24, 2.45) is 0 Å². The molecule has 7 nitrogen and oxygen atoms in total. The van der Waals surface area contributed by atoms with Crippen molar-refractivity contribution < 1.29 is 32.1 Å². The largest absolute Gasteiger partial charge is 0.493 e. The van der Waals surface area contributed by atoms with Gasteiger partial charge in [-0.2, -0.15) is 0 Å². The van der Waals surface area contributed by atoms with Crippen LogP contribution in [-0.4, -0.2) is 50.6 Å². The number of rotatable bonds is 12. The third-order valence-electron chi connectivity index (χ3n) is 5.33. The summed E-state index contributed by atoms with van der Waals surface area (Å²) in [6.45, 7) is 5.65. The molecule has 1 aromatic heterocycles. The number of benzene rings is 2. The fourth-order valence-corrected chi connectivity index (χ4v) is 3.60. The number of fused-ring (bicyclic) bond motifs is 1. The van der Waals surface area contributed by atoms with Crippen LogP contribution in [0.3, 0.4) is 0 Å². The Morgan fingerprint density at radius 1 is 1.03 bits per heavy atom. The second-order valence-corrected chi connectivity index (χ2v) is 8.06. The Morgan fingerprint density at radius 2 is 1.77 bits per heavy atom. The maximum Gasteiger partial charge on any atom is 0.273 e. The van der Waals surface area contributed by atoms with E-state index in [1.807, 2.05) is 0 Å². The first-order valence-corrected chi connectivity index (χ1v) is 11.1. The van der Waals surface area contributed by atoms with Crippen LogP contribution in [0, 0.1) is 12.7 Å². The van der Waals surface area contributed by atoms with E-state index < -0.39 is 23.3 Å². The molecule has 1 atom stereocenters. The fraction of sp³-hybridized carbons (Fsp3) is 0.440. The smallest absolute Gasteiger partial charge is 0.273 e. The molecule has 1 heterocycles. The molecule has 2 aromatic carbocycles. The molecule has 0 unspecified atom stereocenters. The first-order chi connectivity index (χ1) is 16.7. The highest BCUT2D eigenvalue weighted by Gasteiger charge is 2.30. The van der Waals surface area contributed by atoms with E-state index >= 15 is 0 Å². The van der Waals surface area contributed by atoms with Gasteiger partial charge in [0.2, 0.25) is 0 Å². The van der Waals surface area contributed by atoms with Gasteiger partial charge < -0.3 is 24.3 Å². The Hall–Kier alpha value is -3.11. The predicted octanol–water partition coefficient (Wildman–Crippen LogP) is 5.41. The van der Waals surface area contributed by atoms with E-state index in [2.05, 4.69) is 15.3 Å². The summed E-state index contributed by atoms with van der Waals surface area (Å²) < 4.78 is 64.2. The van der Waals surface area contributed by atoms with Gasteiger partial charge in [0.05, 0.1) is 44.1 Å². The van der Waals surface area contributed by atoms with Gasteiger partial charge in [0.25, 0.3) is 5.92 Å². The van der Waals surface area contributed by atoms with E-state index in [9.17, 15) is 13.2 Å². The quantitative estimate of drug-likeness (QED) is 0.338. The summed E-state index contributed by atoms with van der Waals surface area (Å²) >= 11 is 0. The molecule has 3 rings (SSSR count). The average molecular weight is 494 g/mol. The molecule has 0 aliphatic heterocycles. The molecule has 0 bridgehead atoms. The number of methoxy groups -OCH3 is 2. The number of halogens is 3. The van der Waals surface area contributed by atoms with Gasteiger partial charge in [-0.05, 0) is 19.9 Å². The second kappa shape index (κ2) is 11.5. The molecule has 0 saturated carbocycles. The number of aryl methyl sites for hydroxylation is 1. The molecular weight excluding hydrogens is 463 g/mol. The molecule has 0 fully saturated rings. The normalized spacial score (nSPS) is 12.6. The van der Waals surface area contributed by atoms with Gasteiger partial charge in [0.1, 0.15) is 24.1 Å². The van der Waals surface area contributed by atoms with Crippen LogP contribution in [0.5, 0.6) is 11.5 Å². The Morgan fingerprint density at radius 3 is 2.46 bits per heavy atom. The van der Waals surface area contributed by atoms with Crippen LogP contribution >= 0.6 is 0 Å². The lowest BCUT2D eigenvalue weighted by Crippen LogP contribution is -2.16. The number of hydrogen-bond acceptors (Lipinski definition) is 7. The zero-order valence-electron chi connectivity index (χ0n) is 20.5. The molecule has 190 valence electrons. The molecule has 0 saturated heterocycles. The summed E-state index contributed by atoms with van der Waals surface area (Å²) in [4.78, 5) is 8.93. The highest BCUT2D eigenvalue weighted by Crippen LogP contribution is 2.36. The van der Waals surface area contributed by atoms with E-state index in [1.165, 1.54) is 19.2 Å². The van der Waals surface area contributed by atoms with E-state index in [0.29, 0.717) is 60.8 Å². The van der Waals surface area contributed by atoms with E-state index in [0.717, 1.165) is 6.07 Å². The molecule has 0 radical (unpaired) electrons. The highest BCUT2D eigenvalue weighted by atomic mass is 19.3. The molecule has 0 spiro atoms. The molecule has 0 aliphatic carbocycles. The first-order valence-electron chi connectivity index (χ1n) is 11.1. The maximum absolute atomic E-state index is 14.9. The SMILES string of the molecule is COCCOCCOc1cc2c(N[C@H](C)c3cccc(C(C)(F)F)c3F)nc(C)nc2cc1OC. The van der Waals surface area contributed by atoms with Gasteiger partial charge in [-0.25, -0.2) is 23.1 Å². The second-order valence-electron chi connectivity index (χ2n) is 8.06. The molecule has 1 N–H and O–H groups in total. The Balaban J connectivity index is 1.90. The number of alkyl halides is 2. The van der Waals surface area contributed by atoms with Gasteiger partial charge in [0, 0.05) is 31.0 Å². The number of aromatic nitrogens is 2. The number of anilines is 1. The van der Waals surface area contributed by atoms with Crippen molar-refractivity contribution in [2.45, 2.75) is 32.7 Å². The zero-order valence-corrected chi connectivity index (χ0v) is 20.5. The minimum Gasteiger partial charge on any atom is -0.493 e. The van der Waals surface area contributed by atoms with Gasteiger partial charge in [-0.1, -0.05) is 18.2 Å².